The van der Waals surface area contributed by atoms with Gasteiger partial charge < -0.3 is 14.6 Å². The Morgan fingerprint density at radius 2 is 2.07 bits per heavy atom. The maximum absolute atomic E-state index is 12.1. The molecule has 0 aliphatic rings. The zero-order chi connectivity index (χ0) is 20.3. The van der Waals surface area contributed by atoms with Crippen molar-refractivity contribution in [1.29, 1.82) is 0 Å². The molecule has 6 nitrogen and oxygen atoms in total. The number of carbonyl (C=O) groups is 1. The van der Waals surface area contributed by atoms with E-state index in [1.807, 2.05) is 40.7 Å². The maximum Gasteiger partial charge on any atom is 0.358 e. The normalized spacial score (nSPS) is 10.3. The van der Waals surface area contributed by atoms with Gasteiger partial charge in [-0.25, -0.2) is 14.8 Å². The predicted octanol–water partition coefficient (Wildman–Crippen LogP) is 3.55. The van der Waals surface area contributed by atoms with Crippen molar-refractivity contribution in [1.82, 2.24) is 9.97 Å². The summed E-state index contributed by atoms with van der Waals surface area (Å²) in [6.07, 6.45) is 1.64. The Morgan fingerprint density at radius 1 is 1.33 bits per heavy atom. The molecule has 2 heterocycles. The standard InChI is InChI=1S/C18H20N2O4S.C2H6/c1-18(2,3)24-17(22)15-12-25-16(20-15)13-6-7-19-14(11-13)5-4-9-23-10-8-21;1-2/h6-7,11-12,21H,8-10H2,1-3H3;1-2H3. The Kier molecular flexibility index (Phi) is 9.65. The number of aromatic nitrogens is 2. The second kappa shape index (κ2) is 11.4. The summed E-state index contributed by atoms with van der Waals surface area (Å²) in [6, 6.07) is 3.61. The van der Waals surface area contributed by atoms with Crippen LogP contribution >= 0.6 is 11.3 Å². The van der Waals surface area contributed by atoms with Crippen molar-refractivity contribution >= 4 is 17.3 Å². The van der Waals surface area contributed by atoms with E-state index in [9.17, 15) is 4.79 Å². The summed E-state index contributed by atoms with van der Waals surface area (Å²) in [6.45, 7) is 9.91. The van der Waals surface area contributed by atoms with Gasteiger partial charge in [-0.3, -0.25) is 0 Å². The number of nitrogens with zero attached hydrogens (tertiary/aromatic N) is 2. The van der Waals surface area contributed by atoms with Crippen molar-refractivity contribution in [2.75, 3.05) is 19.8 Å². The van der Waals surface area contributed by atoms with Crippen LogP contribution in [0.1, 0.15) is 50.8 Å². The zero-order valence-electron chi connectivity index (χ0n) is 16.4. The molecule has 27 heavy (non-hydrogen) atoms. The molecular formula is C20H26N2O4S. The summed E-state index contributed by atoms with van der Waals surface area (Å²) in [7, 11) is 0. The third-order valence-electron chi connectivity index (χ3n) is 2.75. The molecular weight excluding hydrogens is 364 g/mol. The average Bonchev–Trinajstić information content (AvgIpc) is 3.13. The van der Waals surface area contributed by atoms with Crippen LogP contribution in [-0.4, -0.2) is 46.5 Å². The van der Waals surface area contributed by atoms with E-state index in [1.165, 1.54) is 11.3 Å². The van der Waals surface area contributed by atoms with E-state index < -0.39 is 11.6 Å². The molecule has 7 heteroatoms. The van der Waals surface area contributed by atoms with Crippen molar-refractivity contribution in [2.24, 2.45) is 0 Å². The van der Waals surface area contributed by atoms with E-state index in [2.05, 4.69) is 21.8 Å². The van der Waals surface area contributed by atoms with Gasteiger partial charge in [0.25, 0.3) is 0 Å². The van der Waals surface area contributed by atoms with Crippen LogP contribution in [0.25, 0.3) is 10.6 Å². The van der Waals surface area contributed by atoms with Crippen molar-refractivity contribution in [2.45, 2.75) is 40.2 Å². The molecule has 0 fully saturated rings. The topological polar surface area (TPSA) is 81.5 Å². The highest BCUT2D eigenvalue weighted by atomic mass is 32.1. The summed E-state index contributed by atoms with van der Waals surface area (Å²) in [5, 5.41) is 11.0. The van der Waals surface area contributed by atoms with Gasteiger partial charge in [-0.1, -0.05) is 19.8 Å². The Hall–Kier alpha value is -2.27. The minimum atomic E-state index is -0.557. The second-order valence-electron chi connectivity index (χ2n) is 6.05. The highest BCUT2D eigenvalue weighted by Gasteiger charge is 2.20. The number of aliphatic hydroxyl groups excluding tert-OH is 1. The van der Waals surface area contributed by atoms with Crippen LogP contribution in [0.15, 0.2) is 23.7 Å². The molecule has 146 valence electrons. The lowest BCUT2D eigenvalue weighted by atomic mass is 10.2. The molecule has 0 radical (unpaired) electrons. The molecule has 0 saturated heterocycles. The van der Waals surface area contributed by atoms with Gasteiger partial charge >= 0.3 is 5.97 Å². The molecule has 0 atom stereocenters. The van der Waals surface area contributed by atoms with Gasteiger partial charge in [0, 0.05) is 17.1 Å². The summed E-state index contributed by atoms with van der Waals surface area (Å²) >= 11 is 1.36. The van der Waals surface area contributed by atoms with Crippen LogP contribution in [0.2, 0.25) is 0 Å². The van der Waals surface area contributed by atoms with Crippen molar-refractivity contribution < 1.29 is 19.4 Å². The number of pyridine rings is 1. The van der Waals surface area contributed by atoms with Gasteiger partial charge in [0.2, 0.25) is 0 Å². The van der Waals surface area contributed by atoms with Gasteiger partial charge in [0.15, 0.2) is 5.69 Å². The molecule has 0 saturated carbocycles. The molecule has 1 N–H and O–H groups in total. The highest BCUT2D eigenvalue weighted by molar-refractivity contribution is 7.13. The molecule has 0 aromatic carbocycles. The van der Waals surface area contributed by atoms with Crippen LogP contribution in [0.5, 0.6) is 0 Å². The lowest BCUT2D eigenvalue weighted by molar-refractivity contribution is 0.00638. The Morgan fingerprint density at radius 3 is 2.74 bits per heavy atom. The Bertz CT molecular complexity index is 785. The minimum absolute atomic E-state index is 0.0283. The van der Waals surface area contributed by atoms with Crippen molar-refractivity contribution in [3.05, 3.63) is 35.1 Å². The number of rotatable bonds is 5. The maximum atomic E-state index is 12.1. The van der Waals surface area contributed by atoms with Crippen LogP contribution < -0.4 is 0 Å². The fourth-order valence-electron chi connectivity index (χ4n) is 1.78. The van der Waals surface area contributed by atoms with E-state index in [-0.39, 0.29) is 25.5 Å². The van der Waals surface area contributed by atoms with Crippen LogP contribution in [0, 0.1) is 11.8 Å². The first-order valence-corrected chi connectivity index (χ1v) is 9.60. The third-order valence-corrected chi connectivity index (χ3v) is 3.64. The van der Waals surface area contributed by atoms with E-state index >= 15 is 0 Å². The number of carbonyl (C=O) groups excluding carboxylic acids is 1. The van der Waals surface area contributed by atoms with Crippen molar-refractivity contribution in [3.63, 3.8) is 0 Å². The average molecular weight is 391 g/mol. The molecule has 2 rings (SSSR count). The highest BCUT2D eigenvalue weighted by Crippen LogP contribution is 2.24. The monoisotopic (exact) mass is 390 g/mol. The summed E-state index contributed by atoms with van der Waals surface area (Å²) in [5.74, 6) is 5.28. The minimum Gasteiger partial charge on any atom is -0.455 e. The fraction of sp³-hybridized carbons (Fsp3) is 0.450. The van der Waals surface area contributed by atoms with Gasteiger partial charge in [0.05, 0.1) is 13.2 Å². The number of esters is 1. The largest absolute Gasteiger partial charge is 0.455 e. The number of hydrogen-bond donors (Lipinski definition) is 1. The molecule has 0 unspecified atom stereocenters. The molecule has 2 aromatic rings. The van der Waals surface area contributed by atoms with Gasteiger partial charge in [-0.15, -0.1) is 11.3 Å². The van der Waals surface area contributed by atoms with E-state index in [1.54, 1.807) is 17.6 Å². The second-order valence-corrected chi connectivity index (χ2v) is 6.91. The molecule has 2 aromatic heterocycles. The Labute approximate surface area is 164 Å². The van der Waals surface area contributed by atoms with Crippen molar-refractivity contribution in [3.8, 4) is 22.4 Å². The number of thiazole rings is 1. The van der Waals surface area contributed by atoms with Crippen LogP contribution in [0.3, 0.4) is 0 Å². The molecule has 0 spiro atoms. The lowest BCUT2D eigenvalue weighted by Crippen LogP contribution is -2.24. The van der Waals surface area contributed by atoms with E-state index in [0.29, 0.717) is 10.7 Å². The van der Waals surface area contributed by atoms with Crippen LogP contribution in [-0.2, 0) is 9.47 Å². The molecule has 0 amide bonds. The summed E-state index contributed by atoms with van der Waals surface area (Å²) in [5.41, 5.74) is 1.14. The quantitative estimate of drug-likeness (QED) is 0.478. The number of aliphatic hydroxyl groups is 1. The Balaban J connectivity index is 0.00000176. The predicted molar refractivity (Wildman–Crippen MR) is 107 cm³/mol. The SMILES string of the molecule is CC.CC(C)(C)OC(=O)c1csc(-c2ccnc(C#CCOCCO)c2)n1. The van der Waals surface area contributed by atoms with E-state index in [0.717, 1.165) is 5.56 Å². The lowest BCUT2D eigenvalue weighted by Gasteiger charge is -2.18. The zero-order valence-corrected chi connectivity index (χ0v) is 17.2. The number of ether oxygens (including phenoxy) is 2. The first-order chi connectivity index (χ1) is 12.9. The first-order valence-electron chi connectivity index (χ1n) is 8.72. The fourth-order valence-corrected chi connectivity index (χ4v) is 2.56. The van der Waals surface area contributed by atoms with Gasteiger partial charge in [-0.2, -0.15) is 0 Å². The molecule has 0 aliphatic heterocycles. The summed E-state index contributed by atoms with van der Waals surface area (Å²) < 4.78 is 10.4. The van der Waals surface area contributed by atoms with Gasteiger partial charge in [-0.05, 0) is 38.8 Å². The molecule has 0 aliphatic carbocycles. The third kappa shape index (κ3) is 8.31. The number of hydrogen-bond acceptors (Lipinski definition) is 7. The van der Waals surface area contributed by atoms with Crippen LogP contribution in [0.4, 0.5) is 0 Å². The smallest absolute Gasteiger partial charge is 0.358 e. The van der Waals surface area contributed by atoms with Gasteiger partial charge in [0.1, 0.15) is 22.9 Å². The summed E-state index contributed by atoms with van der Waals surface area (Å²) in [4.78, 5) is 20.6. The molecule has 0 bridgehead atoms. The van der Waals surface area contributed by atoms with E-state index in [4.69, 9.17) is 14.6 Å². The first kappa shape index (κ1) is 22.8.